The normalized spacial score (nSPS) is 10.7. The maximum atomic E-state index is 8.87. The maximum absolute atomic E-state index is 8.87. The molecule has 0 amide bonds. The van der Waals surface area contributed by atoms with E-state index in [2.05, 4.69) is 16.0 Å². The fraction of sp³-hybridized carbons (Fsp3) is 0.278. The summed E-state index contributed by atoms with van der Waals surface area (Å²) in [5.41, 5.74) is 3.89. The van der Waals surface area contributed by atoms with Gasteiger partial charge < -0.3 is 9.30 Å². The van der Waals surface area contributed by atoms with E-state index < -0.39 is 0 Å². The molecule has 2 aromatic heterocycles. The van der Waals surface area contributed by atoms with Crippen LogP contribution in [0.3, 0.4) is 0 Å². The summed E-state index contributed by atoms with van der Waals surface area (Å²) in [4.78, 5) is 9.08. The summed E-state index contributed by atoms with van der Waals surface area (Å²) in [5.74, 6) is 1.59. The van der Waals surface area contributed by atoms with Gasteiger partial charge in [-0.3, -0.25) is 0 Å². The van der Waals surface area contributed by atoms with Gasteiger partial charge in [0, 0.05) is 12.7 Å². The van der Waals surface area contributed by atoms with Crippen molar-refractivity contribution in [3.63, 3.8) is 0 Å². The van der Waals surface area contributed by atoms with Gasteiger partial charge >= 0.3 is 0 Å². The lowest BCUT2D eigenvalue weighted by Crippen LogP contribution is -2.08. The Kier molecular flexibility index (Phi) is 4.24. The number of fused-ring (bicyclic) bond motifs is 1. The number of hydrogen-bond acceptors (Lipinski definition) is 4. The Bertz CT molecular complexity index is 859. The average Bonchev–Trinajstić information content (AvgIpc) is 2.89. The Morgan fingerprint density at radius 3 is 2.70 bits per heavy atom. The van der Waals surface area contributed by atoms with E-state index in [9.17, 15) is 0 Å². The Labute approximate surface area is 135 Å². The Balaban J connectivity index is 1.89. The van der Waals surface area contributed by atoms with E-state index in [0.717, 1.165) is 28.3 Å². The minimum Gasteiger partial charge on any atom is -0.486 e. The van der Waals surface area contributed by atoms with Gasteiger partial charge in [0.15, 0.2) is 5.65 Å². The molecule has 3 rings (SSSR count). The number of ether oxygens (including phenoxy) is 1. The molecule has 0 N–H and O–H groups in total. The van der Waals surface area contributed by atoms with Gasteiger partial charge in [-0.25, -0.2) is 9.97 Å². The fourth-order valence-corrected chi connectivity index (χ4v) is 2.45. The second-order valence-corrected chi connectivity index (χ2v) is 5.54. The van der Waals surface area contributed by atoms with E-state index in [1.54, 1.807) is 0 Å². The van der Waals surface area contributed by atoms with Crippen molar-refractivity contribution in [3.05, 3.63) is 53.5 Å². The zero-order valence-corrected chi connectivity index (χ0v) is 13.3. The van der Waals surface area contributed by atoms with Crippen molar-refractivity contribution in [3.8, 4) is 11.8 Å². The third-order valence-electron chi connectivity index (χ3n) is 3.64. The van der Waals surface area contributed by atoms with Crippen LogP contribution in [-0.4, -0.2) is 14.5 Å². The number of imidazole rings is 1. The number of benzene rings is 1. The topological polar surface area (TPSA) is 63.7 Å². The Morgan fingerprint density at radius 2 is 1.96 bits per heavy atom. The van der Waals surface area contributed by atoms with E-state index in [-0.39, 0.29) is 0 Å². The summed E-state index contributed by atoms with van der Waals surface area (Å²) >= 11 is 0. The minimum atomic E-state index is 0.351. The van der Waals surface area contributed by atoms with Gasteiger partial charge in [0.2, 0.25) is 0 Å². The molecule has 0 saturated carbocycles. The first-order valence-electron chi connectivity index (χ1n) is 7.55. The molecule has 0 aliphatic heterocycles. The van der Waals surface area contributed by atoms with Crippen molar-refractivity contribution in [2.75, 3.05) is 0 Å². The first-order chi connectivity index (χ1) is 11.2. The summed E-state index contributed by atoms with van der Waals surface area (Å²) < 4.78 is 7.80. The summed E-state index contributed by atoms with van der Waals surface area (Å²) in [5, 5.41) is 8.87. The molecular weight excluding hydrogens is 288 g/mol. The molecule has 0 radical (unpaired) electrons. The highest BCUT2D eigenvalue weighted by molar-refractivity contribution is 5.72. The van der Waals surface area contributed by atoms with Crippen LogP contribution in [0.15, 0.2) is 36.5 Å². The van der Waals surface area contributed by atoms with E-state index in [4.69, 9.17) is 10.00 Å². The molecule has 3 aromatic rings. The third-order valence-corrected chi connectivity index (χ3v) is 3.64. The number of pyridine rings is 1. The van der Waals surface area contributed by atoms with Gasteiger partial charge in [0.25, 0.3) is 0 Å². The second-order valence-electron chi connectivity index (χ2n) is 5.54. The van der Waals surface area contributed by atoms with Gasteiger partial charge in [-0.15, -0.1) is 0 Å². The van der Waals surface area contributed by atoms with Crippen LogP contribution in [0.2, 0.25) is 0 Å². The number of nitriles is 1. The van der Waals surface area contributed by atoms with Crippen molar-refractivity contribution in [1.82, 2.24) is 14.5 Å². The van der Waals surface area contributed by atoms with E-state index in [0.29, 0.717) is 19.6 Å². The summed E-state index contributed by atoms with van der Waals surface area (Å²) in [6, 6.07) is 12.1. The lowest BCUT2D eigenvalue weighted by atomic mass is 10.2. The molecule has 0 aliphatic rings. The predicted octanol–water partition coefficient (Wildman–Crippen LogP) is 3.54. The van der Waals surface area contributed by atoms with Crippen molar-refractivity contribution < 1.29 is 4.74 Å². The molecule has 0 atom stereocenters. The molecule has 0 bridgehead atoms. The molecule has 5 heteroatoms. The highest BCUT2D eigenvalue weighted by Crippen LogP contribution is 2.18. The summed E-state index contributed by atoms with van der Waals surface area (Å²) in [6.07, 6.45) is 2.23. The fourth-order valence-electron chi connectivity index (χ4n) is 2.45. The quantitative estimate of drug-likeness (QED) is 0.723. The third kappa shape index (κ3) is 3.32. The molecule has 2 heterocycles. The van der Waals surface area contributed by atoms with Crippen LogP contribution in [0.1, 0.15) is 23.4 Å². The molecule has 0 fully saturated rings. The molecule has 0 aliphatic carbocycles. The zero-order valence-electron chi connectivity index (χ0n) is 13.3. The number of aromatic nitrogens is 3. The number of hydrogen-bond donors (Lipinski definition) is 0. The number of nitrogens with zero attached hydrogens (tertiary/aromatic N) is 4. The molecule has 116 valence electrons. The molecule has 0 saturated heterocycles. The van der Waals surface area contributed by atoms with Crippen molar-refractivity contribution in [2.45, 2.75) is 33.4 Å². The highest BCUT2D eigenvalue weighted by Gasteiger charge is 2.12. The molecule has 0 spiro atoms. The summed E-state index contributed by atoms with van der Waals surface area (Å²) in [7, 11) is 0. The van der Waals surface area contributed by atoms with Crippen LogP contribution in [-0.2, 0) is 13.2 Å². The lowest BCUT2D eigenvalue weighted by molar-refractivity contribution is 0.290. The van der Waals surface area contributed by atoms with Gasteiger partial charge in [0.1, 0.15) is 23.7 Å². The van der Waals surface area contributed by atoms with Crippen molar-refractivity contribution >= 4 is 11.2 Å². The van der Waals surface area contributed by atoms with Crippen LogP contribution in [0, 0.1) is 25.2 Å². The molecular formula is C18H18N4O. The van der Waals surface area contributed by atoms with Crippen LogP contribution < -0.4 is 4.74 Å². The summed E-state index contributed by atoms with van der Waals surface area (Å²) in [6.45, 7) is 4.95. The molecule has 5 nitrogen and oxygen atoms in total. The molecule has 1 aromatic carbocycles. The minimum absolute atomic E-state index is 0.351. The van der Waals surface area contributed by atoms with Crippen molar-refractivity contribution in [1.29, 1.82) is 5.26 Å². The van der Waals surface area contributed by atoms with E-state index in [1.165, 1.54) is 5.56 Å². The lowest BCUT2D eigenvalue weighted by Gasteiger charge is -2.08. The van der Waals surface area contributed by atoms with Gasteiger partial charge in [-0.1, -0.05) is 17.7 Å². The first kappa shape index (κ1) is 15.0. The number of aryl methyl sites for hydroxylation is 3. The van der Waals surface area contributed by atoms with Gasteiger partial charge in [-0.05, 0) is 37.6 Å². The van der Waals surface area contributed by atoms with Crippen LogP contribution in [0.4, 0.5) is 0 Å². The largest absolute Gasteiger partial charge is 0.486 e. The second kappa shape index (κ2) is 6.49. The SMILES string of the molecule is Cc1ccc(OCc2nc3cc(C)cnc3n2CCC#N)cc1. The average molecular weight is 306 g/mol. The first-order valence-corrected chi connectivity index (χ1v) is 7.55. The molecule has 0 unspecified atom stereocenters. The van der Waals surface area contributed by atoms with Crippen LogP contribution >= 0.6 is 0 Å². The number of rotatable bonds is 5. The van der Waals surface area contributed by atoms with Crippen molar-refractivity contribution in [2.24, 2.45) is 0 Å². The van der Waals surface area contributed by atoms with Crippen LogP contribution in [0.5, 0.6) is 5.75 Å². The highest BCUT2D eigenvalue weighted by atomic mass is 16.5. The van der Waals surface area contributed by atoms with Gasteiger partial charge in [-0.2, -0.15) is 5.26 Å². The standard InChI is InChI=1S/C18H18N4O/c1-13-4-6-15(7-5-13)23-12-17-21-16-10-14(2)11-20-18(16)22(17)9-3-8-19/h4-7,10-11H,3,9,12H2,1-2H3. The Morgan fingerprint density at radius 1 is 1.17 bits per heavy atom. The Hall–Kier alpha value is -2.87. The van der Waals surface area contributed by atoms with E-state index in [1.807, 2.05) is 54.9 Å². The van der Waals surface area contributed by atoms with Crippen LogP contribution in [0.25, 0.3) is 11.2 Å². The maximum Gasteiger partial charge on any atom is 0.160 e. The zero-order chi connectivity index (χ0) is 16.2. The van der Waals surface area contributed by atoms with Gasteiger partial charge in [0.05, 0.1) is 12.5 Å². The monoisotopic (exact) mass is 306 g/mol. The smallest absolute Gasteiger partial charge is 0.160 e. The molecule has 23 heavy (non-hydrogen) atoms. The van der Waals surface area contributed by atoms with E-state index >= 15 is 0 Å². The predicted molar refractivity (Wildman–Crippen MR) is 88.0 cm³/mol.